The van der Waals surface area contributed by atoms with Crippen molar-refractivity contribution in [2.45, 2.75) is 90.1 Å². The van der Waals surface area contributed by atoms with E-state index in [1.165, 1.54) is 0 Å². The van der Waals surface area contributed by atoms with Gasteiger partial charge in [0.25, 0.3) is 5.91 Å². The molecule has 2 amide bonds. The van der Waals surface area contributed by atoms with E-state index in [2.05, 4.69) is 20.8 Å². The van der Waals surface area contributed by atoms with Crippen molar-refractivity contribution in [3.63, 3.8) is 0 Å². The maximum Gasteiger partial charge on any atom is 0.252 e. The lowest BCUT2D eigenvalue weighted by atomic mass is 9.84. The average Bonchev–Trinajstić information content (AvgIpc) is 2.84. The number of nitrogens with zero attached hydrogens (tertiary/aromatic N) is 2. The lowest BCUT2D eigenvalue weighted by molar-refractivity contribution is -0.159. The van der Waals surface area contributed by atoms with E-state index in [0.717, 1.165) is 32.1 Å². The number of carbonyl (C=O) groups excluding carboxylic acids is 2. The first-order chi connectivity index (χ1) is 10.9. The second-order valence-electron chi connectivity index (χ2n) is 7.73. The Labute approximate surface area is 139 Å². The van der Waals surface area contributed by atoms with E-state index in [0.29, 0.717) is 12.5 Å². The molecule has 0 radical (unpaired) electrons. The summed E-state index contributed by atoms with van der Waals surface area (Å²) < 4.78 is 5.91. The van der Waals surface area contributed by atoms with E-state index >= 15 is 0 Å². The molecule has 0 spiro atoms. The van der Waals surface area contributed by atoms with Crippen molar-refractivity contribution in [1.29, 1.82) is 0 Å². The standard InChI is InChI=1S/C18H30N2O3/c1-11-9-17(23-13(11)3)18(22)19-10-12(2)20(14(4)21)16-8-6-5-7-15(16)19/h11-13,15-17H,5-10H2,1-4H3/t11?,12-,13?,15?,16?,17?/m0/s1. The summed E-state index contributed by atoms with van der Waals surface area (Å²) in [5, 5.41) is 0. The highest BCUT2D eigenvalue weighted by molar-refractivity contribution is 5.82. The molecule has 3 aliphatic rings. The van der Waals surface area contributed by atoms with Crippen LogP contribution in [0.5, 0.6) is 0 Å². The summed E-state index contributed by atoms with van der Waals surface area (Å²) in [6.07, 6.45) is 4.98. The zero-order chi connectivity index (χ0) is 16.7. The molecular formula is C18H30N2O3. The third kappa shape index (κ3) is 3.00. The predicted molar refractivity (Wildman–Crippen MR) is 87.9 cm³/mol. The van der Waals surface area contributed by atoms with Gasteiger partial charge in [-0.1, -0.05) is 19.8 Å². The zero-order valence-electron chi connectivity index (χ0n) is 14.8. The quantitative estimate of drug-likeness (QED) is 0.743. The van der Waals surface area contributed by atoms with Crippen molar-refractivity contribution < 1.29 is 14.3 Å². The van der Waals surface area contributed by atoms with Gasteiger partial charge in [0, 0.05) is 19.5 Å². The van der Waals surface area contributed by atoms with Gasteiger partial charge in [0.1, 0.15) is 6.10 Å². The molecule has 2 aliphatic heterocycles. The maximum atomic E-state index is 13.1. The number of fused-ring (bicyclic) bond motifs is 1. The minimum Gasteiger partial charge on any atom is -0.365 e. The first kappa shape index (κ1) is 16.7. The summed E-state index contributed by atoms with van der Waals surface area (Å²) in [7, 11) is 0. The van der Waals surface area contributed by atoms with Gasteiger partial charge in [-0.15, -0.1) is 0 Å². The third-order valence-electron chi connectivity index (χ3n) is 6.08. The second-order valence-corrected chi connectivity index (χ2v) is 7.73. The van der Waals surface area contributed by atoms with Gasteiger partial charge in [0.15, 0.2) is 0 Å². The monoisotopic (exact) mass is 322 g/mol. The molecule has 1 saturated carbocycles. The Bertz CT molecular complexity index is 471. The summed E-state index contributed by atoms with van der Waals surface area (Å²) in [5.74, 6) is 0.719. The van der Waals surface area contributed by atoms with Crippen LogP contribution in [0.1, 0.15) is 59.8 Å². The third-order valence-corrected chi connectivity index (χ3v) is 6.08. The molecule has 1 aliphatic carbocycles. The van der Waals surface area contributed by atoms with Gasteiger partial charge in [-0.25, -0.2) is 0 Å². The molecule has 5 heteroatoms. The number of amides is 2. The molecule has 3 rings (SSSR count). The molecule has 0 aromatic heterocycles. The Balaban J connectivity index is 1.79. The van der Waals surface area contributed by atoms with Crippen LogP contribution in [0, 0.1) is 5.92 Å². The van der Waals surface area contributed by atoms with Gasteiger partial charge in [-0.3, -0.25) is 9.59 Å². The summed E-state index contributed by atoms with van der Waals surface area (Å²) in [6.45, 7) is 8.56. The lowest BCUT2D eigenvalue weighted by Gasteiger charge is -2.53. The molecule has 5 nitrogen and oxygen atoms in total. The Morgan fingerprint density at radius 3 is 2.26 bits per heavy atom. The van der Waals surface area contributed by atoms with Gasteiger partial charge >= 0.3 is 0 Å². The predicted octanol–water partition coefficient (Wildman–Crippen LogP) is 2.19. The zero-order valence-corrected chi connectivity index (χ0v) is 14.8. The summed E-state index contributed by atoms with van der Waals surface area (Å²) in [6, 6.07) is 0.448. The van der Waals surface area contributed by atoms with Crippen LogP contribution in [0.3, 0.4) is 0 Å². The summed E-state index contributed by atoms with van der Waals surface area (Å²) in [5.41, 5.74) is 0. The van der Waals surface area contributed by atoms with Crippen LogP contribution in [0.2, 0.25) is 0 Å². The second kappa shape index (κ2) is 6.42. The number of hydrogen-bond acceptors (Lipinski definition) is 3. The van der Waals surface area contributed by atoms with Gasteiger partial charge < -0.3 is 14.5 Å². The van der Waals surface area contributed by atoms with Crippen molar-refractivity contribution in [3.8, 4) is 0 Å². The Morgan fingerprint density at radius 2 is 1.70 bits per heavy atom. The van der Waals surface area contributed by atoms with Crippen molar-refractivity contribution in [2.75, 3.05) is 6.54 Å². The van der Waals surface area contributed by atoms with Crippen molar-refractivity contribution in [1.82, 2.24) is 9.80 Å². The van der Waals surface area contributed by atoms with Crippen LogP contribution < -0.4 is 0 Å². The summed E-state index contributed by atoms with van der Waals surface area (Å²) in [4.78, 5) is 29.2. The van der Waals surface area contributed by atoms with Gasteiger partial charge in [-0.05, 0) is 39.0 Å². The molecule has 0 bridgehead atoms. The van der Waals surface area contributed by atoms with E-state index in [1.54, 1.807) is 6.92 Å². The van der Waals surface area contributed by atoms with Crippen LogP contribution in [0.4, 0.5) is 0 Å². The molecule has 0 aromatic rings. The van der Waals surface area contributed by atoms with Crippen LogP contribution in [0.25, 0.3) is 0 Å². The van der Waals surface area contributed by atoms with Gasteiger partial charge in [-0.2, -0.15) is 0 Å². The normalized spacial score (nSPS) is 40.9. The first-order valence-corrected chi connectivity index (χ1v) is 9.15. The molecule has 130 valence electrons. The molecule has 5 unspecified atom stereocenters. The van der Waals surface area contributed by atoms with E-state index in [-0.39, 0.29) is 42.1 Å². The van der Waals surface area contributed by atoms with Crippen LogP contribution in [-0.4, -0.2) is 58.5 Å². The van der Waals surface area contributed by atoms with E-state index in [1.807, 2.05) is 9.80 Å². The first-order valence-electron chi connectivity index (χ1n) is 9.15. The van der Waals surface area contributed by atoms with E-state index < -0.39 is 0 Å². The molecule has 0 aromatic carbocycles. The molecular weight excluding hydrogens is 292 g/mol. The smallest absolute Gasteiger partial charge is 0.252 e. The molecule has 2 heterocycles. The number of ether oxygens (including phenoxy) is 1. The Hall–Kier alpha value is -1.10. The fourth-order valence-corrected chi connectivity index (χ4v) is 4.73. The Morgan fingerprint density at radius 1 is 1.04 bits per heavy atom. The van der Waals surface area contributed by atoms with Crippen molar-refractivity contribution in [3.05, 3.63) is 0 Å². The molecule has 0 N–H and O–H groups in total. The fraction of sp³-hybridized carbons (Fsp3) is 0.889. The SMILES string of the molecule is CC(=O)N1C2CCCCC2N(C(=O)C2CC(C)C(C)O2)C[C@@H]1C. The van der Waals surface area contributed by atoms with Crippen molar-refractivity contribution >= 4 is 11.8 Å². The van der Waals surface area contributed by atoms with Gasteiger partial charge in [0.2, 0.25) is 5.91 Å². The van der Waals surface area contributed by atoms with Gasteiger partial charge in [0.05, 0.1) is 18.2 Å². The van der Waals surface area contributed by atoms with Crippen LogP contribution in [0.15, 0.2) is 0 Å². The largest absolute Gasteiger partial charge is 0.365 e. The molecule has 6 atom stereocenters. The fourth-order valence-electron chi connectivity index (χ4n) is 4.73. The highest BCUT2D eigenvalue weighted by Crippen LogP contribution is 2.35. The molecule has 2 saturated heterocycles. The number of rotatable bonds is 1. The minimum absolute atomic E-state index is 0.0899. The average molecular weight is 322 g/mol. The van der Waals surface area contributed by atoms with Crippen LogP contribution in [-0.2, 0) is 14.3 Å². The van der Waals surface area contributed by atoms with Crippen LogP contribution >= 0.6 is 0 Å². The summed E-state index contributed by atoms with van der Waals surface area (Å²) >= 11 is 0. The maximum absolute atomic E-state index is 13.1. The number of hydrogen-bond donors (Lipinski definition) is 0. The van der Waals surface area contributed by atoms with E-state index in [9.17, 15) is 9.59 Å². The van der Waals surface area contributed by atoms with E-state index in [4.69, 9.17) is 4.74 Å². The highest BCUT2D eigenvalue weighted by atomic mass is 16.5. The molecule has 23 heavy (non-hydrogen) atoms. The Kier molecular flexibility index (Phi) is 4.68. The number of carbonyl (C=O) groups is 2. The highest BCUT2D eigenvalue weighted by Gasteiger charge is 2.46. The van der Waals surface area contributed by atoms with Crippen molar-refractivity contribution in [2.24, 2.45) is 5.92 Å². The molecule has 3 fully saturated rings. The number of piperazine rings is 1. The topological polar surface area (TPSA) is 49.9 Å². The minimum atomic E-state index is -0.293. The lowest BCUT2D eigenvalue weighted by Crippen LogP contribution is -2.67.